The molecule has 0 aliphatic carbocycles. The monoisotopic (exact) mass is 278 g/mol. The fourth-order valence-corrected chi connectivity index (χ4v) is 2.06. The first-order chi connectivity index (χ1) is 9.86. The van der Waals surface area contributed by atoms with Crippen molar-refractivity contribution in [2.75, 3.05) is 23.7 Å². The van der Waals surface area contributed by atoms with E-state index in [1.165, 1.54) is 51.4 Å². The van der Waals surface area contributed by atoms with Gasteiger partial charge in [-0.15, -0.1) is 0 Å². The van der Waals surface area contributed by atoms with Gasteiger partial charge in [-0.05, 0) is 18.9 Å². The molecule has 4 heteroatoms. The van der Waals surface area contributed by atoms with E-state index >= 15 is 0 Å². The van der Waals surface area contributed by atoms with Gasteiger partial charge in [-0.2, -0.15) is 4.98 Å². The fourth-order valence-electron chi connectivity index (χ4n) is 2.06. The molecule has 0 aliphatic heterocycles. The largest absolute Gasteiger partial charge is 0.370 e. The Bertz CT molecular complexity index is 312. The molecule has 20 heavy (non-hydrogen) atoms. The molecular weight excluding hydrogens is 248 g/mol. The van der Waals surface area contributed by atoms with Crippen LogP contribution in [0.4, 0.5) is 11.8 Å². The van der Waals surface area contributed by atoms with Crippen molar-refractivity contribution in [3.8, 4) is 0 Å². The minimum absolute atomic E-state index is 0.736. The van der Waals surface area contributed by atoms with Crippen molar-refractivity contribution in [2.24, 2.45) is 0 Å². The first-order valence-electron chi connectivity index (χ1n) is 8.17. The van der Waals surface area contributed by atoms with Gasteiger partial charge in [0.1, 0.15) is 5.82 Å². The van der Waals surface area contributed by atoms with Crippen molar-refractivity contribution in [3.63, 3.8) is 0 Å². The van der Waals surface area contributed by atoms with Gasteiger partial charge in [-0.1, -0.05) is 52.4 Å². The van der Waals surface area contributed by atoms with Crippen LogP contribution < -0.4 is 10.6 Å². The lowest BCUT2D eigenvalue weighted by atomic mass is 10.2. The van der Waals surface area contributed by atoms with Gasteiger partial charge < -0.3 is 10.6 Å². The first kappa shape index (κ1) is 16.7. The molecule has 0 bridgehead atoms. The number of hydrogen-bond donors (Lipinski definition) is 2. The Balaban J connectivity index is 2.19. The van der Waals surface area contributed by atoms with Crippen LogP contribution in [-0.2, 0) is 0 Å². The molecule has 1 aromatic rings. The standard InChI is InChI=1S/C16H30N4/c1-3-5-7-9-12-17-15-11-14-19-16(20-15)18-13-10-8-6-4-2/h11,14H,3-10,12-13H2,1-2H3,(H2,17,18,19,20). The summed E-state index contributed by atoms with van der Waals surface area (Å²) in [7, 11) is 0. The summed E-state index contributed by atoms with van der Waals surface area (Å²) >= 11 is 0. The van der Waals surface area contributed by atoms with Crippen LogP contribution in [0.2, 0.25) is 0 Å². The lowest BCUT2D eigenvalue weighted by Gasteiger charge is -2.08. The maximum absolute atomic E-state index is 4.48. The van der Waals surface area contributed by atoms with E-state index in [0.29, 0.717) is 0 Å². The molecule has 0 fully saturated rings. The topological polar surface area (TPSA) is 49.8 Å². The predicted molar refractivity (Wildman–Crippen MR) is 87.3 cm³/mol. The fraction of sp³-hybridized carbons (Fsp3) is 0.750. The molecule has 4 nitrogen and oxygen atoms in total. The summed E-state index contributed by atoms with van der Waals surface area (Å²) in [6, 6.07) is 1.93. The van der Waals surface area contributed by atoms with Crippen LogP contribution in [0.3, 0.4) is 0 Å². The average Bonchev–Trinajstić information content (AvgIpc) is 2.47. The van der Waals surface area contributed by atoms with Gasteiger partial charge in [0.05, 0.1) is 0 Å². The van der Waals surface area contributed by atoms with Crippen LogP contribution in [0.25, 0.3) is 0 Å². The summed E-state index contributed by atoms with van der Waals surface area (Å²) < 4.78 is 0. The minimum atomic E-state index is 0.736. The maximum Gasteiger partial charge on any atom is 0.224 e. The third-order valence-electron chi connectivity index (χ3n) is 3.31. The van der Waals surface area contributed by atoms with Crippen molar-refractivity contribution in [2.45, 2.75) is 65.2 Å². The van der Waals surface area contributed by atoms with E-state index in [1.807, 2.05) is 12.3 Å². The highest BCUT2D eigenvalue weighted by atomic mass is 15.1. The Kier molecular flexibility index (Phi) is 9.62. The highest BCUT2D eigenvalue weighted by molar-refractivity contribution is 5.39. The third kappa shape index (κ3) is 7.97. The zero-order valence-electron chi connectivity index (χ0n) is 13.1. The lowest BCUT2D eigenvalue weighted by molar-refractivity contribution is 0.682. The van der Waals surface area contributed by atoms with Gasteiger partial charge in [-0.3, -0.25) is 0 Å². The van der Waals surface area contributed by atoms with Crippen molar-refractivity contribution in [1.82, 2.24) is 9.97 Å². The van der Waals surface area contributed by atoms with Crippen molar-refractivity contribution < 1.29 is 0 Å². The van der Waals surface area contributed by atoms with Gasteiger partial charge >= 0.3 is 0 Å². The van der Waals surface area contributed by atoms with Crippen LogP contribution in [-0.4, -0.2) is 23.1 Å². The first-order valence-corrected chi connectivity index (χ1v) is 8.17. The van der Waals surface area contributed by atoms with E-state index in [9.17, 15) is 0 Å². The number of unbranched alkanes of at least 4 members (excludes halogenated alkanes) is 6. The molecule has 2 N–H and O–H groups in total. The van der Waals surface area contributed by atoms with Crippen LogP contribution in [0.1, 0.15) is 65.2 Å². The van der Waals surface area contributed by atoms with Crippen molar-refractivity contribution >= 4 is 11.8 Å². The number of anilines is 2. The summed E-state index contributed by atoms with van der Waals surface area (Å²) in [6.45, 7) is 6.41. The highest BCUT2D eigenvalue weighted by Gasteiger charge is 1.98. The summed E-state index contributed by atoms with van der Waals surface area (Å²) in [5, 5.41) is 6.66. The molecule has 0 saturated heterocycles. The molecule has 0 amide bonds. The zero-order valence-corrected chi connectivity index (χ0v) is 13.1. The van der Waals surface area contributed by atoms with Gasteiger partial charge in [-0.25, -0.2) is 4.98 Å². The van der Waals surface area contributed by atoms with Gasteiger partial charge in [0.2, 0.25) is 5.95 Å². The average molecular weight is 278 g/mol. The van der Waals surface area contributed by atoms with Crippen molar-refractivity contribution in [1.29, 1.82) is 0 Å². The van der Waals surface area contributed by atoms with E-state index in [-0.39, 0.29) is 0 Å². The number of hydrogen-bond acceptors (Lipinski definition) is 4. The molecule has 0 radical (unpaired) electrons. The number of aromatic nitrogens is 2. The normalized spacial score (nSPS) is 10.5. The Morgan fingerprint density at radius 1 is 0.850 bits per heavy atom. The Hall–Kier alpha value is -1.32. The molecule has 0 unspecified atom stereocenters. The summed E-state index contributed by atoms with van der Waals surface area (Å²) in [5.41, 5.74) is 0. The molecular formula is C16H30N4. The second-order valence-electron chi connectivity index (χ2n) is 5.24. The minimum Gasteiger partial charge on any atom is -0.370 e. The third-order valence-corrected chi connectivity index (χ3v) is 3.31. The van der Waals surface area contributed by atoms with E-state index in [2.05, 4.69) is 34.4 Å². The summed E-state index contributed by atoms with van der Waals surface area (Å²) in [4.78, 5) is 8.73. The lowest BCUT2D eigenvalue weighted by Crippen LogP contribution is -2.08. The summed E-state index contributed by atoms with van der Waals surface area (Å²) in [6.07, 6.45) is 11.9. The molecule has 0 spiro atoms. The quantitative estimate of drug-likeness (QED) is 0.554. The molecule has 1 heterocycles. The summed E-state index contributed by atoms with van der Waals surface area (Å²) in [5.74, 6) is 1.66. The van der Waals surface area contributed by atoms with E-state index in [4.69, 9.17) is 0 Å². The van der Waals surface area contributed by atoms with E-state index in [0.717, 1.165) is 24.9 Å². The van der Waals surface area contributed by atoms with Crippen LogP contribution in [0.5, 0.6) is 0 Å². The number of nitrogens with zero attached hydrogens (tertiary/aromatic N) is 2. The van der Waals surface area contributed by atoms with Gasteiger partial charge in [0.15, 0.2) is 0 Å². The van der Waals surface area contributed by atoms with Crippen molar-refractivity contribution in [3.05, 3.63) is 12.3 Å². The smallest absolute Gasteiger partial charge is 0.224 e. The molecule has 1 rings (SSSR count). The van der Waals surface area contributed by atoms with Crippen LogP contribution in [0.15, 0.2) is 12.3 Å². The second-order valence-corrected chi connectivity index (χ2v) is 5.24. The molecule has 0 aromatic carbocycles. The molecule has 0 atom stereocenters. The predicted octanol–water partition coefficient (Wildman–Crippen LogP) is 4.46. The van der Waals surface area contributed by atoms with Gasteiger partial charge in [0, 0.05) is 19.3 Å². The Morgan fingerprint density at radius 3 is 2.15 bits per heavy atom. The molecule has 0 saturated carbocycles. The van der Waals surface area contributed by atoms with Crippen LogP contribution >= 0.6 is 0 Å². The zero-order chi connectivity index (χ0) is 14.5. The van der Waals surface area contributed by atoms with Gasteiger partial charge in [0.25, 0.3) is 0 Å². The number of nitrogens with one attached hydrogen (secondary N) is 2. The molecule has 1 aromatic heterocycles. The molecule has 114 valence electrons. The van der Waals surface area contributed by atoms with E-state index < -0.39 is 0 Å². The number of rotatable bonds is 12. The SMILES string of the molecule is CCCCCCNc1ccnc(NCCCCCC)n1. The van der Waals surface area contributed by atoms with Crippen LogP contribution in [0, 0.1) is 0 Å². The maximum atomic E-state index is 4.48. The van der Waals surface area contributed by atoms with E-state index in [1.54, 1.807) is 0 Å². The highest BCUT2D eigenvalue weighted by Crippen LogP contribution is 2.07. The Labute approximate surface area is 123 Å². The second kappa shape index (κ2) is 11.5. The Morgan fingerprint density at radius 2 is 1.50 bits per heavy atom. The molecule has 0 aliphatic rings.